The van der Waals surface area contributed by atoms with E-state index in [2.05, 4.69) is 17.0 Å². The van der Waals surface area contributed by atoms with Crippen molar-refractivity contribution in [3.05, 3.63) is 29.8 Å². The van der Waals surface area contributed by atoms with Crippen molar-refractivity contribution in [2.75, 3.05) is 0 Å². The molecule has 0 aliphatic heterocycles. The quantitative estimate of drug-likeness (QED) is 0.364. The number of hydrogen-bond donors (Lipinski definition) is 2. The van der Waals surface area contributed by atoms with Crippen molar-refractivity contribution in [1.82, 2.24) is 10.0 Å². The third kappa shape index (κ3) is 8.89. The highest BCUT2D eigenvalue weighted by Gasteiger charge is 2.21. The summed E-state index contributed by atoms with van der Waals surface area (Å²) in [7, 11) is -3.97. The number of unbranched alkanes of at least 4 members (excludes halogenated alkanes) is 4. The average Bonchev–Trinajstić information content (AvgIpc) is 2.74. The van der Waals surface area contributed by atoms with Crippen LogP contribution in [0.15, 0.2) is 29.2 Å². The molecule has 174 valence electrons. The van der Waals surface area contributed by atoms with Crippen molar-refractivity contribution >= 4 is 22.0 Å². The first-order chi connectivity index (χ1) is 14.8. The minimum Gasteiger partial charge on any atom is -0.458 e. The highest BCUT2D eigenvalue weighted by Crippen LogP contribution is 2.21. The summed E-state index contributed by atoms with van der Waals surface area (Å²) in [6.45, 7) is 3.91. The molecule has 1 aliphatic carbocycles. The molecule has 0 aromatic heterocycles. The van der Waals surface area contributed by atoms with Crippen molar-refractivity contribution in [2.24, 2.45) is 0 Å². The maximum absolute atomic E-state index is 12.5. The summed E-state index contributed by atoms with van der Waals surface area (Å²) < 4.78 is 32.5. The second-order valence-corrected chi connectivity index (χ2v) is 9.96. The summed E-state index contributed by atoms with van der Waals surface area (Å²) in [5, 5.41) is 2.74. The van der Waals surface area contributed by atoms with Crippen LogP contribution in [0.1, 0.15) is 96.1 Å². The van der Waals surface area contributed by atoms with Gasteiger partial charge in [0.05, 0.1) is 4.90 Å². The average molecular weight is 453 g/mol. The zero-order valence-corrected chi connectivity index (χ0v) is 19.5. The number of esters is 1. The Labute approximate surface area is 186 Å². The van der Waals surface area contributed by atoms with Gasteiger partial charge < -0.3 is 10.1 Å². The third-order valence-corrected chi connectivity index (χ3v) is 6.97. The van der Waals surface area contributed by atoms with E-state index in [0.29, 0.717) is 12.0 Å². The van der Waals surface area contributed by atoms with Gasteiger partial charge in [-0.15, -0.1) is 0 Å². The van der Waals surface area contributed by atoms with Crippen LogP contribution in [0.5, 0.6) is 0 Å². The minimum absolute atomic E-state index is 0.00973. The number of ether oxygens (including phenoxy) is 1. The van der Waals surface area contributed by atoms with Gasteiger partial charge in [-0.25, -0.2) is 17.9 Å². The number of hydrogen-bond acceptors (Lipinski definition) is 5. The van der Waals surface area contributed by atoms with Crippen molar-refractivity contribution in [1.29, 1.82) is 0 Å². The first kappa shape index (κ1) is 25.2. The molecule has 0 radical (unpaired) electrons. The number of benzene rings is 1. The van der Waals surface area contributed by atoms with Crippen molar-refractivity contribution in [2.45, 2.75) is 102 Å². The monoisotopic (exact) mass is 452 g/mol. The third-order valence-electron chi connectivity index (χ3n) is 5.62. The summed E-state index contributed by atoms with van der Waals surface area (Å²) in [6, 6.07) is 5.37. The van der Waals surface area contributed by atoms with Gasteiger partial charge in [-0.1, -0.05) is 64.0 Å². The maximum atomic E-state index is 12.5. The van der Waals surface area contributed by atoms with Crippen LogP contribution in [0.25, 0.3) is 0 Å². The first-order valence-electron chi connectivity index (χ1n) is 11.4. The molecule has 0 bridgehead atoms. The number of sulfonamides is 1. The highest BCUT2D eigenvalue weighted by atomic mass is 32.2. The van der Waals surface area contributed by atoms with E-state index in [1.165, 1.54) is 18.6 Å². The Bertz CT molecular complexity index is 802. The molecule has 1 atom stereocenters. The van der Waals surface area contributed by atoms with Gasteiger partial charge in [0.2, 0.25) is 0 Å². The van der Waals surface area contributed by atoms with E-state index in [0.717, 1.165) is 57.8 Å². The van der Waals surface area contributed by atoms with Crippen LogP contribution in [0, 0.1) is 0 Å². The second kappa shape index (κ2) is 12.7. The predicted molar refractivity (Wildman–Crippen MR) is 120 cm³/mol. The Morgan fingerprint density at radius 1 is 1.03 bits per heavy atom. The molecule has 2 N–H and O–H groups in total. The van der Waals surface area contributed by atoms with Crippen LogP contribution in [0.3, 0.4) is 0 Å². The van der Waals surface area contributed by atoms with Gasteiger partial charge in [0.25, 0.3) is 10.0 Å². The molecule has 1 unspecified atom stereocenters. The molecule has 1 aromatic rings. The summed E-state index contributed by atoms with van der Waals surface area (Å²) in [5.41, 5.74) is 0.699. The Balaban J connectivity index is 1.83. The van der Waals surface area contributed by atoms with E-state index < -0.39 is 22.2 Å². The maximum Gasteiger partial charge on any atom is 0.328 e. The van der Waals surface area contributed by atoms with Crippen LogP contribution in [0.4, 0.5) is 4.79 Å². The lowest BCUT2D eigenvalue weighted by molar-refractivity contribution is -0.148. The molecule has 2 rings (SSSR count). The van der Waals surface area contributed by atoms with E-state index >= 15 is 0 Å². The number of rotatable bonds is 11. The number of carbonyl (C=O) groups excluding carboxylic acids is 2. The van der Waals surface area contributed by atoms with Gasteiger partial charge >= 0.3 is 12.0 Å². The van der Waals surface area contributed by atoms with Gasteiger partial charge in [0.1, 0.15) is 6.10 Å². The van der Waals surface area contributed by atoms with Gasteiger partial charge in [0.15, 0.2) is 0 Å². The van der Waals surface area contributed by atoms with E-state index in [-0.39, 0.29) is 16.9 Å². The molecule has 7 nitrogen and oxygen atoms in total. The second-order valence-electron chi connectivity index (χ2n) is 8.28. The SMILES string of the molecule is CCCCCCCC(=O)OC(C)c1ccc(S(=O)(=O)NC(=O)NC2CCCCC2)cc1. The van der Waals surface area contributed by atoms with Crippen LogP contribution in [-0.4, -0.2) is 26.5 Å². The molecule has 1 fully saturated rings. The lowest BCUT2D eigenvalue weighted by Crippen LogP contribution is -2.45. The summed E-state index contributed by atoms with van der Waals surface area (Å²) >= 11 is 0. The number of urea groups is 1. The van der Waals surface area contributed by atoms with Gasteiger partial charge in [-0.3, -0.25) is 4.79 Å². The molecule has 0 saturated heterocycles. The zero-order chi connectivity index (χ0) is 22.7. The fraction of sp³-hybridized carbons (Fsp3) is 0.652. The van der Waals surface area contributed by atoms with E-state index in [1.807, 2.05) is 0 Å². The highest BCUT2D eigenvalue weighted by molar-refractivity contribution is 7.90. The predicted octanol–water partition coefficient (Wildman–Crippen LogP) is 4.97. The van der Waals surface area contributed by atoms with E-state index in [4.69, 9.17) is 4.74 Å². The van der Waals surface area contributed by atoms with Crippen LogP contribution in [0.2, 0.25) is 0 Å². The first-order valence-corrected chi connectivity index (χ1v) is 12.9. The Morgan fingerprint density at radius 3 is 2.32 bits per heavy atom. The van der Waals surface area contributed by atoms with Crippen LogP contribution >= 0.6 is 0 Å². The number of amides is 2. The molecule has 1 aliphatic rings. The molecule has 2 amide bonds. The molecule has 1 aromatic carbocycles. The summed E-state index contributed by atoms with van der Waals surface area (Å²) in [5.74, 6) is -0.248. The van der Waals surface area contributed by atoms with Crippen LogP contribution < -0.4 is 10.0 Å². The van der Waals surface area contributed by atoms with Crippen molar-refractivity contribution in [3.8, 4) is 0 Å². The normalized spacial score (nSPS) is 15.8. The molecule has 8 heteroatoms. The zero-order valence-electron chi connectivity index (χ0n) is 18.7. The molecule has 0 heterocycles. The Morgan fingerprint density at radius 2 is 1.68 bits per heavy atom. The van der Waals surface area contributed by atoms with Crippen molar-refractivity contribution in [3.63, 3.8) is 0 Å². The van der Waals surface area contributed by atoms with Gasteiger partial charge in [-0.05, 0) is 43.9 Å². The lowest BCUT2D eigenvalue weighted by Gasteiger charge is -2.22. The Hall–Kier alpha value is -2.09. The topological polar surface area (TPSA) is 102 Å². The molecule has 1 saturated carbocycles. The number of carbonyl (C=O) groups is 2. The fourth-order valence-corrected chi connectivity index (χ4v) is 4.67. The fourth-order valence-electron chi connectivity index (χ4n) is 3.76. The summed E-state index contributed by atoms with van der Waals surface area (Å²) in [6.07, 6.45) is 10.2. The molecule has 31 heavy (non-hydrogen) atoms. The molecular formula is C23H36N2O5S. The Kier molecular flexibility index (Phi) is 10.3. The standard InChI is InChI=1S/C23H36N2O5S/c1-3-4-5-6-10-13-22(26)30-18(2)19-14-16-21(17-15-19)31(28,29)25-23(27)24-20-11-8-7-9-12-20/h14-18,20H,3-13H2,1-2H3,(H2,24,25,27). The summed E-state index contributed by atoms with van der Waals surface area (Å²) in [4.78, 5) is 24.1. The smallest absolute Gasteiger partial charge is 0.328 e. The van der Waals surface area contributed by atoms with Gasteiger partial charge in [0, 0.05) is 12.5 Å². The van der Waals surface area contributed by atoms with Crippen LogP contribution in [-0.2, 0) is 19.6 Å². The number of nitrogens with one attached hydrogen (secondary N) is 2. The van der Waals surface area contributed by atoms with Gasteiger partial charge in [-0.2, -0.15) is 0 Å². The van der Waals surface area contributed by atoms with E-state index in [1.54, 1.807) is 19.1 Å². The van der Waals surface area contributed by atoms with E-state index in [9.17, 15) is 18.0 Å². The lowest BCUT2D eigenvalue weighted by atomic mass is 9.96. The molecular weight excluding hydrogens is 416 g/mol. The van der Waals surface area contributed by atoms with Crippen molar-refractivity contribution < 1.29 is 22.7 Å². The largest absolute Gasteiger partial charge is 0.458 e. The molecule has 0 spiro atoms. The minimum atomic E-state index is -3.97.